The van der Waals surface area contributed by atoms with Gasteiger partial charge in [-0.1, -0.05) is 6.07 Å². The Labute approximate surface area is 102 Å². The van der Waals surface area contributed by atoms with Gasteiger partial charge in [0.25, 0.3) is 0 Å². The van der Waals surface area contributed by atoms with Crippen LogP contribution in [0.4, 0.5) is 0 Å². The van der Waals surface area contributed by atoms with Crippen LogP contribution in [0.2, 0.25) is 0 Å². The zero-order valence-corrected chi connectivity index (χ0v) is 10.3. The minimum absolute atomic E-state index is 0.0484. The second-order valence-electron chi connectivity index (χ2n) is 4.85. The molecule has 2 atom stereocenters. The van der Waals surface area contributed by atoms with Crippen LogP contribution < -0.4 is 5.32 Å². The molecule has 4 nitrogen and oxygen atoms in total. The van der Waals surface area contributed by atoms with Gasteiger partial charge in [0.15, 0.2) is 0 Å². The summed E-state index contributed by atoms with van der Waals surface area (Å²) in [6, 6.07) is 5.23. The van der Waals surface area contributed by atoms with Crippen LogP contribution in [-0.4, -0.2) is 41.3 Å². The number of likely N-dealkylation sites (N-methyl/N-ethyl adjacent to an activating group) is 1. The second kappa shape index (κ2) is 4.94. The Bertz CT molecular complexity index is 375. The number of phenols is 2. The monoisotopic (exact) mass is 236 g/mol. The fraction of sp³-hybridized carbons (Fsp3) is 0.538. The van der Waals surface area contributed by atoms with Gasteiger partial charge >= 0.3 is 0 Å². The van der Waals surface area contributed by atoms with Crippen molar-refractivity contribution in [2.24, 2.45) is 0 Å². The number of phenolic OH excluding ortho intramolecular Hbond substituents is 2. The Balaban J connectivity index is 2.07. The summed E-state index contributed by atoms with van der Waals surface area (Å²) in [4.78, 5) is 2.27. The number of aromatic hydroxyl groups is 2. The quantitative estimate of drug-likeness (QED) is 0.743. The van der Waals surface area contributed by atoms with Gasteiger partial charge in [0.05, 0.1) is 5.56 Å². The maximum absolute atomic E-state index is 9.78. The molecule has 0 amide bonds. The van der Waals surface area contributed by atoms with Crippen LogP contribution in [0.15, 0.2) is 18.2 Å². The molecule has 1 aliphatic heterocycles. The van der Waals surface area contributed by atoms with Gasteiger partial charge in [0.1, 0.15) is 11.5 Å². The molecule has 1 aliphatic rings. The van der Waals surface area contributed by atoms with Crippen LogP contribution in [0.3, 0.4) is 0 Å². The molecule has 0 radical (unpaired) electrons. The van der Waals surface area contributed by atoms with Gasteiger partial charge in [-0.15, -0.1) is 0 Å². The van der Waals surface area contributed by atoms with E-state index < -0.39 is 0 Å². The first-order valence-electron chi connectivity index (χ1n) is 6.03. The first-order valence-corrected chi connectivity index (χ1v) is 6.03. The van der Waals surface area contributed by atoms with Crippen LogP contribution in [-0.2, 0) is 0 Å². The molecule has 1 aromatic rings. The topological polar surface area (TPSA) is 55.7 Å². The van der Waals surface area contributed by atoms with Crippen molar-refractivity contribution in [2.75, 3.05) is 20.1 Å². The summed E-state index contributed by atoms with van der Waals surface area (Å²) < 4.78 is 0. The average Bonchev–Trinajstić information content (AvgIpc) is 2.63. The van der Waals surface area contributed by atoms with Crippen LogP contribution >= 0.6 is 0 Å². The maximum Gasteiger partial charge on any atom is 0.124 e. The summed E-state index contributed by atoms with van der Waals surface area (Å²) in [7, 11) is 2.10. The SMILES string of the molecule is CC(NC1CCN(C)C1)c1c(O)cccc1O. The summed E-state index contributed by atoms with van der Waals surface area (Å²) in [6.45, 7) is 4.07. The molecule has 0 saturated carbocycles. The minimum atomic E-state index is -0.0484. The molecule has 17 heavy (non-hydrogen) atoms. The number of hydrogen-bond donors (Lipinski definition) is 3. The zero-order valence-electron chi connectivity index (χ0n) is 10.3. The molecule has 2 rings (SSSR count). The van der Waals surface area contributed by atoms with Crippen molar-refractivity contribution in [3.63, 3.8) is 0 Å². The Kier molecular flexibility index (Phi) is 3.54. The van der Waals surface area contributed by atoms with Crippen LogP contribution in [0.25, 0.3) is 0 Å². The van der Waals surface area contributed by atoms with Crippen molar-refractivity contribution in [2.45, 2.75) is 25.4 Å². The lowest BCUT2D eigenvalue weighted by atomic mass is 10.0. The molecule has 4 heteroatoms. The van der Waals surface area contributed by atoms with E-state index in [0.717, 1.165) is 19.5 Å². The van der Waals surface area contributed by atoms with Crippen LogP contribution in [0.1, 0.15) is 24.9 Å². The van der Waals surface area contributed by atoms with Gasteiger partial charge < -0.3 is 20.4 Å². The van der Waals surface area contributed by atoms with E-state index in [1.807, 2.05) is 6.92 Å². The third-order valence-corrected chi connectivity index (χ3v) is 3.37. The zero-order chi connectivity index (χ0) is 12.4. The van der Waals surface area contributed by atoms with Crippen molar-refractivity contribution in [3.05, 3.63) is 23.8 Å². The number of nitrogens with one attached hydrogen (secondary N) is 1. The van der Waals surface area contributed by atoms with E-state index in [9.17, 15) is 10.2 Å². The van der Waals surface area contributed by atoms with Crippen molar-refractivity contribution < 1.29 is 10.2 Å². The minimum Gasteiger partial charge on any atom is -0.507 e. The van der Waals surface area contributed by atoms with Crippen molar-refractivity contribution in [3.8, 4) is 11.5 Å². The lowest BCUT2D eigenvalue weighted by Crippen LogP contribution is -2.33. The van der Waals surface area contributed by atoms with Crippen molar-refractivity contribution in [1.29, 1.82) is 0 Å². The molecule has 0 aliphatic carbocycles. The number of benzene rings is 1. The van der Waals surface area contributed by atoms with Crippen LogP contribution in [0, 0.1) is 0 Å². The molecule has 1 heterocycles. The lowest BCUT2D eigenvalue weighted by Gasteiger charge is -2.21. The fourth-order valence-electron chi connectivity index (χ4n) is 2.49. The predicted octanol–water partition coefficient (Wildman–Crippen LogP) is 1.45. The summed E-state index contributed by atoms with van der Waals surface area (Å²) in [6.07, 6.45) is 1.11. The van der Waals surface area contributed by atoms with E-state index in [0.29, 0.717) is 11.6 Å². The highest BCUT2D eigenvalue weighted by atomic mass is 16.3. The number of nitrogens with zero attached hydrogens (tertiary/aromatic N) is 1. The third-order valence-electron chi connectivity index (χ3n) is 3.37. The molecular weight excluding hydrogens is 216 g/mol. The number of hydrogen-bond acceptors (Lipinski definition) is 4. The van der Waals surface area contributed by atoms with Crippen molar-refractivity contribution >= 4 is 0 Å². The first kappa shape index (κ1) is 12.2. The van der Waals surface area contributed by atoms with E-state index >= 15 is 0 Å². The molecular formula is C13H20N2O2. The Morgan fingerprint density at radius 3 is 2.53 bits per heavy atom. The van der Waals surface area contributed by atoms with Gasteiger partial charge in [-0.3, -0.25) is 0 Å². The van der Waals surface area contributed by atoms with Crippen LogP contribution in [0.5, 0.6) is 11.5 Å². The molecule has 1 aromatic carbocycles. The van der Waals surface area contributed by atoms with E-state index in [-0.39, 0.29) is 17.5 Å². The lowest BCUT2D eigenvalue weighted by molar-refractivity contribution is 0.375. The van der Waals surface area contributed by atoms with E-state index in [1.54, 1.807) is 18.2 Å². The Morgan fingerprint density at radius 1 is 1.35 bits per heavy atom. The summed E-state index contributed by atoms with van der Waals surface area (Å²) in [5.74, 6) is 0.299. The highest BCUT2D eigenvalue weighted by molar-refractivity contribution is 5.44. The highest BCUT2D eigenvalue weighted by Gasteiger charge is 2.23. The van der Waals surface area contributed by atoms with Gasteiger partial charge in [0.2, 0.25) is 0 Å². The Hall–Kier alpha value is -1.26. The highest BCUT2D eigenvalue weighted by Crippen LogP contribution is 2.32. The molecule has 0 bridgehead atoms. The van der Waals surface area contributed by atoms with E-state index in [2.05, 4.69) is 17.3 Å². The predicted molar refractivity (Wildman–Crippen MR) is 67.2 cm³/mol. The maximum atomic E-state index is 9.78. The fourth-order valence-corrected chi connectivity index (χ4v) is 2.49. The molecule has 1 saturated heterocycles. The van der Waals surface area contributed by atoms with Gasteiger partial charge in [-0.25, -0.2) is 0 Å². The molecule has 0 aromatic heterocycles. The average molecular weight is 236 g/mol. The van der Waals surface area contributed by atoms with E-state index in [4.69, 9.17) is 0 Å². The van der Waals surface area contributed by atoms with Gasteiger partial charge in [-0.2, -0.15) is 0 Å². The standard InChI is InChI=1S/C13H20N2O2/c1-9(14-10-6-7-15(2)8-10)13-11(16)4-3-5-12(13)17/h3-5,9-10,14,16-17H,6-8H2,1-2H3. The molecule has 2 unspecified atom stereocenters. The van der Waals surface area contributed by atoms with E-state index in [1.165, 1.54) is 0 Å². The van der Waals surface area contributed by atoms with Crippen molar-refractivity contribution in [1.82, 2.24) is 10.2 Å². The number of likely N-dealkylation sites (tertiary alicyclic amines) is 1. The smallest absolute Gasteiger partial charge is 0.124 e. The summed E-state index contributed by atoms with van der Waals surface area (Å²) in [5, 5.41) is 23.0. The van der Waals surface area contributed by atoms with Gasteiger partial charge in [0, 0.05) is 18.6 Å². The summed E-state index contributed by atoms with van der Waals surface area (Å²) >= 11 is 0. The second-order valence-corrected chi connectivity index (χ2v) is 4.85. The normalized spacial score (nSPS) is 22.8. The first-order chi connectivity index (χ1) is 8.08. The molecule has 0 spiro atoms. The largest absolute Gasteiger partial charge is 0.507 e. The number of rotatable bonds is 3. The third kappa shape index (κ3) is 2.70. The Morgan fingerprint density at radius 2 is 2.00 bits per heavy atom. The molecule has 1 fully saturated rings. The summed E-state index contributed by atoms with van der Waals surface area (Å²) in [5.41, 5.74) is 0.585. The molecule has 3 N–H and O–H groups in total. The van der Waals surface area contributed by atoms with Gasteiger partial charge in [-0.05, 0) is 39.1 Å². The molecule has 94 valence electrons.